The number of hydrogen-bond donors (Lipinski definition) is 1. The second kappa shape index (κ2) is 6.93. The average Bonchev–Trinajstić information content (AvgIpc) is 2.76. The summed E-state index contributed by atoms with van der Waals surface area (Å²) in [6, 6.07) is 0.464. The van der Waals surface area contributed by atoms with Crippen molar-refractivity contribution < 1.29 is 4.74 Å². The summed E-state index contributed by atoms with van der Waals surface area (Å²) in [7, 11) is 0. The molecule has 0 aromatic rings. The zero-order valence-corrected chi connectivity index (χ0v) is 11.9. The highest BCUT2D eigenvalue weighted by Crippen LogP contribution is 2.36. The van der Waals surface area contributed by atoms with Crippen LogP contribution in [-0.2, 0) is 4.74 Å². The first-order chi connectivity index (χ1) is 7.66. The summed E-state index contributed by atoms with van der Waals surface area (Å²) in [5, 5.41) is 0. The van der Waals surface area contributed by atoms with Crippen LogP contribution in [0.1, 0.15) is 26.7 Å². The number of hydrogen-bond acceptors (Lipinski definition) is 3. The van der Waals surface area contributed by atoms with Gasteiger partial charge in [0, 0.05) is 32.3 Å². The number of fused-ring (bicyclic) bond motifs is 1. The largest absolute Gasteiger partial charge is 0.380 e. The van der Waals surface area contributed by atoms with Crippen LogP contribution in [0.25, 0.3) is 0 Å². The molecule has 2 aliphatic rings. The van der Waals surface area contributed by atoms with E-state index in [-0.39, 0.29) is 12.4 Å². The Bertz CT molecular complexity index is 225. The predicted octanol–water partition coefficient (Wildman–Crippen LogP) is 1.75. The highest BCUT2D eigenvalue weighted by molar-refractivity contribution is 5.85. The van der Waals surface area contributed by atoms with Gasteiger partial charge in [-0.1, -0.05) is 13.8 Å². The number of nitrogens with zero attached hydrogens (tertiary/aromatic N) is 1. The number of halogens is 1. The van der Waals surface area contributed by atoms with E-state index in [4.69, 9.17) is 10.5 Å². The number of likely N-dealkylation sites (tertiary alicyclic amines) is 1. The van der Waals surface area contributed by atoms with Crippen LogP contribution in [0, 0.1) is 17.8 Å². The zero-order chi connectivity index (χ0) is 11.5. The van der Waals surface area contributed by atoms with E-state index in [1.165, 1.54) is 25.9 Å². The second-order valence-corrected chi connectivity index (χ2v) is 5.89. The Hall–Kier alpha value is 0.170. The smallest absolute Gasteiger partial charge is 0.0593 e. The van der Waals surface area contributed by atoms with E-state index in [0.717, 1.165) is 31.6 Å². The van der Waals surface area contributed by atoms with E-state index in [9.17, 15) is 0 Å². The molecule has 102 valence electrons. The van der Waals surface area contributed by atoms with Gasteiger partial charge in [0.15, 0.2) is 0 Å². The number of ether oxygens (including phenoxy) is 1. The SMILES string of the molecule is CC(C)COCCN1CC2CCC(N)C2C1.Cl. The normalized spacial score (nSPS) is 32.8. The number of nitrogens with two attached hydrogens (primary N) is 1. The molecule has 2 rings (SSSR count). The van der Waals surface area contributed by atoms with Crippen LogP contribution in [0.15, 0.2) is 0 Å². The first-order valence-electron chi connectivity index (χ1n) is 6.72. The Morgan fingerprint density at radius 1 is 1.29 bits per heavy atom. The van der Waals surface area contributed by atoms with Crippen molar-refractivity contribution in [3.8, 4) is 0 Å². The molecule has 3 unspecified atom stereocenters. The predicted molar refractivity (Wildman–Crippen MR) is 73.5 cm³/mol. The minimum absolute atomic E-state index is 0. The first-order valence-corrected chi connectivity index (χ1v) is 6.72. The molecule has 0 radical (unpaired) electrons. The van der Waals surface area contributed by atoms with Crippen molar-refractivity contribution >= 4 is 12.4 Å². The highest BCUT2D eigenvalue weighted by atomic mass is 35.5. The van der Waals surface area contributed by atoms with E-state index in [2.05, 4.69) is 18.7 Å². The van der Waals surface area contributed by atoms with Crippen LogP contribution in [0.2, 0.25) is 0 Å². The third-order valence-electron chi connectivity index (χ3n) is 3.99. The quantitative estimate of drug-likeness (QED) is 0.768. The molecule has 1 saturated carbocycles. The molecule has 2 N–H and O–H groups in total. The van der Waals surface area contributed by atoms with Gasteiger partial charge in [0.05, 0.1) is 6.61 Å². The van der Waals surface area contributed by atoms with Crippen molar-refractivity contribution in [2.75, 3.05) is 32.8 Å². The summed E-state index contributed by atoms with van der Waals surface area (Å²) in [5.74, 6) is 2.29. The molecule has 4 heteroatoms. The van der Waals surface area contributed by atoms with Gasteiger partial charge in [-0.15, -0.1) is 12.4 Å². The van der Waals surface area contributed by atoms with Crippen molar-refractivity contribution in [1.29, 1.82) is 0 Å². The summed E-state index contributed by atoms with van der Waals surface area (Å²) in [4.78, 5) is 2.54. The van der Waals surface area contributed by atoms with E-state index in [0.29, 0.717) is 12.0 Å². The summed E-state index contributed by atoms with van der Waals surface area (Å²) in [5.41, 5.74) is 6.12. The van der Waals surface area contributed by atoms with Gasteiger partial charge in [-0.25, -0.2) is 0 Å². The fourth-order valence-corrected chi connectivity index (χ4v) is 3.09. The van der Waals surface area contributed by atoms with Crippen LogP contribution in [0.4, 0.5) is 0 Å². The maximum Gasteiger partial charge on any atom is 0.0593 e. The van der Waals surface area contributed by atoms with Crippen LogP contribution in [-0.4, -0.2) is 43.8 Å². The second-order valence-electron chi connectivity index (χ2n) is 5.89. The van der Waals surface area contributed by atoms with Gasteiger partial charge in [0.25, 0.3) is 0 Å². The number of rotatable bonds is 5. The van der Waals surface area contributed by atoms with Crippen LogP contribution in [0.3, 0.4) is 0 Å². The standard InChI is InChI=1S/C13H26N2O.ClH/c1-10(2)9-16-6-5-15-7-11-3-4-13(14)12(11)8-15;/h10-13H,3-9,14H2,1-2H3;1H. The molecule has 0 aromatic carbocycles. The van der Waals surface area contributed by atoms with E-state index < -0.39 is 0 Å². The monoisotopic (exact) mass is 262 g/mol. The Kier molecular flexibility index (Phi) is 6.21. The molecule has 0 spiro atoms. The maximum atomic E-state index is 6.12. The minimum atomic E-state index is 0. The Morgan fingerprint density at radius 2 is 2.06 bits per heavy atom. The van der Waals surface area contributed by atoms with Crippen molar-refractivity contribution in [1.82, 2.24) is 4.90 Å². The van der Waals surface area contributed by atoms with Gasteiger partial charge < -0.3 is 15.4 Å². The Morgan fingerprint density at radius 3 is 2.71 bits per heavy atom. The molecule has 1 saturated heterocycles. The van der Waals surface area contributed by atoms with Gasteiger partial charge >= 0.3 is 0 Å². The molecular weight excluding hydrogens is 236 g/mol. The fraction of sp³-hybridized carbons (Fsp3) is 1.00. The molecule has 17 heavy (non-hydrogen) atoms. The molecule has 3 atom stereocenters. The zero-order valence-electron chi connectivity index (χ0n) is 11.1. The van der Waals surface area contributed by atoms with Crippen molar-refractivity contribution in [2.24, 2.45) is 23.5 Å². The molecule has 0 amide bonds. The Labute approximate surface area is 111 Å². The summed E-state index contributed by atoms with van der Waals surface area (Å²) in [6.45, 7) is 9.71. The lowest BCUT2D eigenvalue weighted by molar-refractivity contribution is 0.0891. The van der Waals surface area contributed by atoms with E-state index >= 15 is 0 Å². The summed E-state index contributed by atoms with van der Waals surface area (Å²) in [6.07, 6.45) is 2.59. The van der Waals surface area contributed by atoms with Gasteiger partial charge in [-0.05, 0) is 30.6 Å². The summed E-state index contributed by atoms with van der Waals surface area (Å²) >= 11 is 0. The van der Waals surface area contributed by atoms with Crippen molar-refractivity contribution in [3.63, 3.8) is 0 Å². The molecule has 3 nitrogen and oxygen atoms in total. The van der Waals surface area contributed by atoms with Crippen LogP contribution >= 0.6 is 12.4 Å². The highest BCUT2D eigenvalue weighted by Gasteiger charge is 2.40. The fourth-order valence-electron chi connectivity index (χ4n) is 3.09. The molecular formula is C13H27ClN2O. The van der Waals surface area contributed by atoms with Gasteiger partial charge in [0.1, 0.15) is 0 Å². The van der Waals surface area contributed by atoms with Crippen molar-refractivity contribution in [3.05, 3.63) is 0 Å². The topological polar surface area (TPSA) is 38.5 Å². The first kappa shape index (κ1) is 15.2. The lowest BCUT2D eigenvalue weighted by Crippen LogP contribution is -2.31. The summed E-state index contributed by atoms with van der Waals surface area (Å²) < 4.78 is 5.63. The van der Waals surface area contributed by atoms with Crippen LogP contribution in [0.5, 0.6) is 0 Å². The van der Waals surface area contributed by atoms with E-state index in [1.54, 1.807) is 0 Å². The minimum Gasteiger partial charge on any atom is -0.380 e. The molecule has 1 aliphatic heterocycles. The lowest BCUT2D eigenvalue weighted by Gasteiger charge is -2.18. The molecule has 1 heterocycles. The molecule has 0 bridgehead atoms. The van der Waals surface area contributed by atoms with Crippen LogP contribution < -0.4 is 5.73 Å². The van der Waals surface area contributed by atoms with Gasteiger partial charge in [-0.2, -0.15) is 0 Å². The Balaban J connectivity index is 0.00000144. The van der Waals surface area contributed by atoms with Gasteiger partial charge in [-0.3, -0.25) is 0 Å². The molecule has 2 fully saturated rings. The average molecular weight is 263 g/mol. The van der Waals surface area contributed by atoms with Crippen molar-refractivity contribution in [2.45, 2.75) is 32.7 Å². The maximum absolute atomic E-state index is 6.12. The molecule has 1 aliphatic carbocycles. The van der Waals surface area contributed by atoms with E-state index in [1.807, 2.05) is 0 Å². The third-order valence-corrected chi connectivity index (χ3v) is 3.99. The third kappa shape index (κ3) is 4.09. The lowest BCUT2D eigenvalue weighted by atomic mass is 9.98. The molecule has 0 aromatic heterocycles. The van der Waals surface area contributed by atoms with Gasteiger partial charge in [0.2, 0.25) is 0 Å².